The molecule has 0 bridgehead atoms. The van der Waals surface area contributed by atoms with Crippen LogP contribution in [0.2, 0.25) is 5.02 Å². The summed E-state index contributed by atoms with van der Waals surface area (Å²) in [6.45, 7) is 5.96. The third-order valence-corrected chi connectivity index (χ3v) is 4.43. The number of benzene rings is 1. The van der Waals surface area contributed by atoms with Crippen molar-refractivity contribution >= 4 is 17.4 Å². The van der Waals surface area contributed by atoms with Crippen LogP contribution in [0.15, 0.2) is 24.3 Å². The van der Waals surface area contributed by atoms with Crippen LogP contribution in [-0.4, -0.2) is 54.9 Å². The molecule has 2 aliphatic rings. The maximum Gasteiger partial charge on any atom is 0.176 e. The molecule has 2 fully saturated rings. The molecule has 0 N–H and O–H groups in total. The van der Waals surface area contributed by atoms with Gasteiger partial charge in [-0.1, -0.05) is 23.7 Å². The smallest absolute Gasteiger partial charge is 0.176 e. The molecule has 108 valence electrons. The Bertz CT molecular complexity index is 479. The highest BCUT2D eigenvalue weighted by molar-refractivity contribution is 6.31. The molecule has 0 spiro atoms. The summed E-state index contributed by atoms with van der Waals surface area (Å²) in [7, 11) is 0. The molecule has 1 saturated carbocycles. The predicted octanol–water partition coefficient (Wildman–Crippen LogP) is 2.55. The molecule has 3 rings (SSSR count). The number of Topliss-reactive ketones (excluding diaryl/α,β-unsaturated/α-hetero) is 1. The van der Waals surface area contributed by atoms with Gasteiger partial charge in [0.15, 0.2) is 5.78 Å². The van der Waals surface area contributed by atoms with Crippen molar-refractivity contribution in [2.24, 2.45) is 5.92 Å². The van der Waals surface area contributed by atoms with Gasteiger partial charge in [0.25, 0.3) is 0 Å². The quantitative estimate of drug-likeness (QED) is 0.779. The lowest BCUT2D eigenvalue weighted by atomic mass is 10.1. The van der Waals surface area contributed by atoms with Gasteiger partial charge >= 0.3 is 0 Å². The van der Waals surface area contributed by atoms with Crippen molar-refractivity contribution in [3.05, 3.63) is 34.9 Å². The topological polar surface area (TPSA) is 23.6 Å². The second-order valence-electron chi connectivity index (χ2n) is 5.95. The fourth-order valence-electron chi connectivity index (χ4n) is 2.75. The first kappa shape index (κ1) is 14.1. The van der Waals surface area contributed by atoms with E-state index in [2.05, 4.69) is 9.80 Å². The highest BCUT2D eigenvalue weighted by Gasteiger charge is 2.26. The third-order valence-electron chi connectivity index (χ3n) is 4.19. The summed E-state index contributed by atoms with van der Waals surface area (Å²) in [5.41, 5.74) is 0.720. The van der Waals surface area contributed by atoms with E-state index in [-0.39, 0.29) is 5.78 Å². The molecule has 0 amide bonds. The summed E-state index contributed by atoms with van der Waals surface area (Å²) in [4.78, 5) is 17.0. The number of hydrogen-bond acceptors (Lipinski definition) is 3. The second-order valence-corrected chi connectivity index (χ2v) is 6.39. The van der Waals surface area contributed by atoms with Crippen LogP contribution < -0.4 is 0 Å². The van der Waals surface area contributed by atoms with E-state index in [1.165, 1.54) is 19.4 Å². The van der Waals surface area contributed by atoms with Gasteiger partial charge in [-0.3, -0.25) is 9.69 Å². The first-order valence-electron chi connectivity index (χ1n) is 7.44. The van der Waals surface area contributed by atoms with Crippen LogP contribution in [-0.2, 0) is 0 Å². The Morgan fingerprint density at radius 2 is 1.85 bits per heavy atom. The molecular weight excluding hydrogens is 272 g/mol. The molecule has 0 atom stereocenters. The number of hydrogen-bond donors (Lipinski definition) is 0. The SMILES string of the molecule is O=C(CN1CCN(CC2CC2)CC1)c1cccc(Cl)c1. The Morgan fingerprint density at radius 3 is 2.50 bits per heavy atom. The Hall–Kier alpha value is -0.900. The number of ketones is 1. The summed E-state index contributed by atoms with van der Waals surface area (Å²) in [6, 6.07) is 7.24. The average Bonchev–Trinajstić information content (AvgIpc) is 3.25. The molecule has 3 nitrogen and oxygen atoms in total. The number of carbonyl (C=O) groups excluding carboxylic acids is 1. The Labute approximate surface area is 125 Å². The van der Waals surface area contributed by atoms with Crippen LogP contribution >= 0.6 is 11.6 Å². The number of halogens is 1. The minimum absolute atomic E-state index is 0.170. The van der Waals surface area contributed by atoms with E-state index in [1.807, 2.05) is 12.1 Å². The molecule has 1 aliphatic heterocycles. The van der Waals surface area contributed by atoms with Gasteiger partial charge in [0, 0.05) is 43.3 Å². The van der Waals surface area contributed by atoms with Crippen LogP contribution in [0, 0.1) is 5.92 Å². The van der Waals surface area contributed by atoms with E-state index in [9.17, 15) is 4.79 Å². The van der Waals surface area contributed by atoms with Crippen LogP contribution in [0.3, 0.4) is 0 Å². The van der Waals surface area contributed by atoms with E-state index in [1.54, 1.807) is 12.1 Å². The van der Waals surface area contributed by atoms with Crippen molar-refractivity contribution in [2.45, 2.75) is 12.8 Å². The minimum Gasteiger partial charge on any atom is -0.301 e. The highest BCUT2D eigenvalue weighted by atomic mass is 35.5. The third kappa shape index (κ3) is 3.81. The predicted molar refractivity (Wildman–Crippen MR) is 81.4 cm³/mol. The molecule has 1 aromatic rings. The van der Waals surface area contributed by atoms with Crippen molar-refractivity contribution < 1.29 is 4.79 Å². The first-order valence-corrected chi connectivity index (χ1v) is 7.82. The van der Waals surface area contributed by atoms with E-state index in [0.29, 0.717) is 11.6 Å². The van der Waals surface area contributed by atoms with Gasteiger partial charge in [0.2, 0.25) is 0 Å². The van der Waals surface area contributed by atoms with E-state index in [4.69, 9.17) is 11.6 Å². The van der Waals surface area contributed by atoms with E-state index >= 15 is 0 Å². The van der Waals surface area contributed by atoms with Gasteiger partial charge < -0.3 is 4.90 Å². The van der Waals surface area contributed by atoms with E-state index in [0.717, 1.165) is 37.7 Å². The minimum atomic E-state index is 0.170. The van der Waals surface area contributed by atoms with E-state index < -0.39 is 0 Å². The Balaban J connectivity index is 1.47. The van der Waals surface area contributed by atoms with Gasteiger partial charge in [-0.25, -0.2) is 0 Å². The lowest BCUT2D eigenvalue weighted by molar-refractivity contribution is 0.0847. The van der Waals surface area contributed by atoms with Crippen LogP contribution in [0.4, 0.5) is 0 Å². The van der Waals surface area contributed by atoms with Gasteiger partial charge in [0.1, 0.15) is 0 Å². The van der Waals surface area contributed by atoms with Crippen molar-refractivity contribution in [2.75, 3.05) is 39.3 Å². The fourth-order valence-corrected chi connectivity index (χ4v) is 2.94. The largest absolute Gasteiger partial charge is 0.301 e. The molecule has 4 heteroatoms. The summed E-state index contributed by atoms with van der Waals surface area (Å²) in [6.07, 6.45) is 2.82. The van der Waals surface area contributed by atoms with Crippen LogP contribution in [0.5, 0.6) is 0 Å². The lowest BCUT2D eigenvalue weighted by Crippen LogP contribution is -2.48. The number of piperazine rings is 1. The zero-order valence-corrected chi connectivity index (χ0v) is 12.5. The summed E-state index contributed by atoms with van der Waals surface area (Å²) in [5.74, 6) is 1.12. The summed E-state index contributed by atoms with van der Waals surface area (Å²) >= 11 is 5.93. The van der Waals surface area contributed by atoms with Crippen molar-refractivity contribution in [1.82, 2.24) is 9.80 Å². The zero-order valence-electron chi connectivity index (χ0n) is 11.7. The van der Waals surface area contributed by atoms with Crippen molar-refractivity contribution in [3.8, 4) is 0 Å². The number of rotatable bonds is 5. The highest BCUT2D eigenvalue weighted by Crippen LogP contribution is 2.29. The lowest BCUT2D eigenvalue weighted by Gasteiger charge is -2.34. The van der Waals surface area contributed by atoms with Crippen LogP contribution in [0.1, 0.15) is 23.2 Å². The first-order chi connectivity index (χ1) is 9.70. The fraction of sp³-hybridized carbons (Fsp3) is 0.562. The zero-order chi connectivity index (χ0) is 13.9. The summed E-state index contributed by atoms with van der Waals surface area (Å²) < 4.78 is 0. The molecule has 1 aliphatic carbocycles. The standard InChI is InChI=1S/C16H21ClN2O/c17-15-3-1-2-14(10-15)16(20)12-19-8-6-18(7-9-19)11-13-4-5-13/h1-3,10,13H,4-9,11-12H2. The van der Waals surface area contributed by atoms with Crippen molar-refractivity contribution in [1.29, 1.82) is 0 Å². The van der Waals surface area contributed by atoms with Crippen molar-refractivity contribution in [3.63, 3.8) is 0 Å². The molecule has 0 aromatic heterocycles. The normalized spacial score (nSPS) is 21.1. The monoisotopic (exact) mass is 292 g/mol. The Kier molecular flexibility index (Phi) is 4.39. The molecule has 1 heterocycles. The van der Waals surface area contributed by atoms with Gasteiger partial charge in [-0.05, 0) is 30.9 Å². The van der Waals surface area contributed by atoms with Gasteiger partial charge in [0.05, 0.1) is 6.54 Å². The molecule has 1 aromatic carbocycles. The molecule has 20 heavy (non-hydrogen) atoms. The molecule has 1 saturated heterocycles. The van der Waals surface area contributed by atoms with Gasteiger partial charge in [-0.2, -0.15) is 0 Å². The average molecular weight is 293 g/mol. The number of nitrogens with zero attached hydrogens (tertiary/aromatic N) is 2. The molecule has 0 radical (unpaired) electrons. The number of carbonyl (C=O) groups is 1. The molecular formula is C16H21ClN2O. The van der Waals surface area contributed by atoms with Crippen LogP contribution in [0.25, 0.3) is 0 Å². The summed E-state index contributed by atoms with van der Waals surface area (Å²) in [5, 5.41) is 0.630. The second kappa shape index (κ2) is 6.25. The maximum atomic E-state index is 12.2. The maximum absolute atomic E-state index is 12.2. The Morgan fingerprint density at radius 1 is 1.15 bits per heavy atom. The molecule has 0 unspecified atom stereocenters. The van der Waals surface area contributed by atoms with Gasteiger partial charge in [-0.15, -0.1) is 0 Å².